The van der Waals surface area contributed by atoms with Gasteiger partial charge in [-0.2, -0.15) is 0 Å². The summed E-state index contributed by atoms with van der Waals surface area (Å²) in [5.41, 5.74) is 0.752. The Labute approximate surface area is 140 Å². The predicted octanol–water partition coefficient (Wildman–Crippen LogP) is 3.37. The molecule has 0 bridgehead atoms. The number of ketones is 1. The van der Waals surface area contributed by atoms with Crippen LogP contribution in [-0.4, -0.2) is 18.4 Å². The Morgan fingerprint density at radius 2 is 1.58 bits per heavy atom. The Hall–Kier alpha value is -2.88. The number of hydrogen-bond donors (Lipinski definition) is 0. The molecule has 0 saturated carbocycles. The SMILES string of the molecule is CCOC(=O)C1=COC(c2ccccc2)(c2ccccc2)CC1=O. The average molecular weight is 322 g/mol. The summed E-state index contributed by atoms with van der Waals surface area (Å²) >= 11 is 0. The molecule has 0 aliphatic carbocycles. The number of carbonyl (C=O) groups excluding carboxylic acids is 2. The van der Waals surface area contributed by atoms with Gasteiger partial charge in [0, 0.05) is 11.1 Å². The van der Waals surface area contributed by atoms with E-state index in [1.54, 1.807) is 6.92 Å². The summed E-state index contributed by atoms with van der Waals surface area (Å²) in [6.07, 6.45) is 1.29. The van der Waals surface area contributed by atoms with Crippen molar-refractivity contribution in [3.8, 4) is 0 Å². The molecule has 4 nitrogen and oxygen atoms in total. The Morgan fingerprint density at radius 3 is 2.04 bits per heavy atom. The van der Waals surface area contributed by atoms with Crippen LogP contribution in [0.25, 0.3) is 0 Å². The van der Waals surface area contributed by atoms with E-state index in [1.165, 1.54) is 6.26 Å². The third-order valence-corrected chi connectivity index (χ3v) is 4.06. The molecule has 3 rings (SSSR count). The summed E-state index contributed by atoms with van der Waals surface area (Å²) in [6.45, 7) is 1.91. The molecule has 0 saturated heterocycles. The average Bonchev–Trinajstić information content (AvgIpc) is 2.63. The van der Waals surface area contributed by atoms with Crippen LogP contribution in [0.5, 0.6) is 0 Å². The van der Waals surface area contributed by atoms with Gasteiger partial charge in [-0.15, -0.1) is 0 Å². The monoisotopic (exact) mass is 322 g/mol. The zero-order valence-corrected chi connectivity index (χ0v) is 13.4. The van der Waals surface area contributed by atoms with Gasteiger partial charge in [-0.1, -0.05) is 60.7 Å². The van der Waals surface area contributed by atoms with Gasteiger partial charge >= 0.3 is 5.97 Å². The Kier molecular flexibility index (Phi) is 4.47. The van der Waals surface area contributed by atoms with Gasteiger partial charge in [0.1, 0.15) is 11.8 Å². The maximum absolute atomic E-state index is 12.6. The molecule has 0 fully saturated rings. The fraction of sp³-hybridized carbons (Fsp3) is 0.200. The second-order valence-corrected chi connectivity index (χ2v) is 5.53. The van der Waals surface area contributed by atoms with Crippen LogP contribution in [0.4, 0.5) is 0 Å². The lowest BCUT2D eigenvalue weighted by Gasteiger charge is -2.36. The van der Waals surface area contributed by atoms with Crippen molar-refractivity contribution < 1.29 is 19.1 Å². The summed E-state index contributed by atoms with van der Waals surface area (Å²) in [7, 11) is 0. The summed E-state index contributed by atoms with van der Waals surface area (Å²) in [4.78, 5) is 24.5. The largest absolute Gasteiger partial charge is 0.484 e. The first-order chi connectivity index (χ1) is 11.7. The summed E-state index contributed by atoms with van der Waals surface area (Å²) in [6, 6.07) is 19.1. The maximum Gasteiger partial charge on any atom is 0.344 e. The number of carbonyl (C=O) groups is 2. The highest BCUT2D eigenvalue weighted by molar-refractivity contribution is 6.17. The molecule has 2 aromatic rings. The highest BCUT2D eigenvalue weighted by Crippen LogP contribution is 2.41. The van der Waals surface area contributed by atoms with Crippen LogP contribution in [0, 0.1) is 0 Å². The molecular weight excluding hydrogens is 304 g/mol. The van der Waals surface area contributed by atoms with E-state index in [-0.39, 0.29) is 24.4 Å². The third kappa shape index (κ3) is 2.83. The number of esters is 1. The van der Waals surface area contributed by atoms with Crippen molar-refractivity contribution in [2.75, 3.05) is 6.61 Å². The molecule has 24 heavy (non-hydrogen) atoms. The van der Waals surface area contributed by atoms with Crippen LogP contribution in [0.1, 0.15) is 24.5 Å². The second kappa shape index (κ2) is 6.71. The number of rotatable bonds is 4. The number of Topliss-reactive ketones (excluding diaryl/α,β-unsaturated/α-hetero) is 1. The molecule has 0 aromatic heterocycles. The van der Waals surface area contributed by atoms with E-state index >= 15 is 0 Å². The third-order valence-electron chi connectivity index (χ3n) is 4.06. The van der Waals surface area contributed by atoms with Crippen LogP contribution < -0.4 is 0 Å². The maximum atomic E-state index is 12.6. The Balaban J connectivity index is 2.06. The second-order valence-electron chi connectivity index (χ2n) is 5.53. The highest BCUT2D eigenvalue weighted by Gasteiger charge is 2.43. The summed E-state index contributed by atoms with van der Waals surface area (Å²) in [5.74, 6) is -0.926. The van der Waals surface area contributed by atoms with Crippen LogP contribution in [0.15, 0.2) is 72.5 Å². The van der Waals surface area contributed by atoms with Gasteiger partial charge in [-0.25, -0.2) is 4.79 Å². The van der Waals surface area contributed by atoms with Gasteiger partial charge < -0.3 is 9.47 Å². The molecule has 122 valence electrons. The van der Waals surface area contributed by atoms with Crippen molar-refractivity contribution in [3.05, 3.63) is 83.6 Å². The smallest absolute Gasteiger partial charge is 0.344 e. The van der Waals surface area contributed by atoms with Crippen molar-refractivity contribution in [2.24, 2.45) is 0 Å². The number of hydrogen-bond acceptors (Lipinski definition) is 4. The minimum atomic E-state index is -0.935. The van der Waals surface area contributed by atoms with Gasteiger partial charge in [-0.05, 0) is 6.92 Å². The molecule has 1 aliphatic rings. The minimum Gasteiger partial charge on any atom is -0.484 e. The molecule has 4 heteroatoms. The normalized spacial score (nSPS) is 16.0. The number of ether oxygens (including phenoxy) is 2. The van der Waals surface area contributed by atoms with Crippen molar-refractivity contribution >= 4 is 11.8 Å². The van der Waals surface area contributed by atoms with Crippen molar-refractivity contribution in [3.63, 3.8) is 0 Å². The molecule has 0 spiro atoms. The number of benzene rings is 2. The molecule has 1 heterocycles. The van der Waals surface area contributed by atoms with E-state index in [1.807, 2.05) is 60.7 Å². The molecule has 0 radical (unpaired) electrons. The quantitative estimate of drug-likeness (QED) is 0.640. The molecule has 0 N–H and O–H groups in total. The standard InChI is InChI=1S/C20H18O4/c1-2-23-19(22)17-14-24-20(13-18(17)21,15-9-5-3-6-10-15)16-11-7-4-8-12-16/h3-12,14H,2,13H2,1H3. The lowest BCUT2D eigenvalue weighted by Crippen LogP contribution is -2.37. The van der Waals surface area contributed by atoms with Crippen LogP contribution in [0.3, 0.4) is 0 Å². The van der Waals surface area contributed by atoms with Crippen LogP contribution in [0.2, 0.25) is 0 Å². The zero-order chi connectivity index (χ0) is 17.0. The van der Waals surface area contributed by atoms with Crippen LogP contribution >= 0.6 is 0 Å². The summed E-state index contributed by atoms with van der Waals surface area (Å²) < 4.78 is 10.9. The van der Waals surface area contributed by atoms with Gasteiger partial charge in [0.2, 0.25) is 0 Å². The molecular formula is C20H18O4. The molecule has 0 amide bonds. The fourth-order valence-corrected chi connectivity index (χ4v) is 2.88. The van der Waals surface area contributed by atoms with Crippen molar-refractivity contribution in [1.82, 2.24) is 0 Å². The van der Waals surface area contributed by atoms with Crippen molar-refractivity contribution in [2.45, 2.75) is 18.9 Å². The van der Waals surface area contributed by atoms with E-state index in [9.17, 15) is 9.59 Å². The van der Waals surface area contributed by atoms with E-state index in [4.69, 9.17) is 9.47 Å². The molecule has 0 unspecified atom stereocenters. The van der Waals surface area contributed by atoms with E-state index in [2.05, 4.69) is 0 Å². The van der Waals surface area contributed by atoms with Gasteiger partial charge in [0.15, 0.2) is 11.4 Å². The molecule has 1 aliphatic heterocycles. The van der Waals surface area contributed by atoms with E-state index in [0.717, 1.165) is 11.1 Å². The first kappa shape index (κ1) is 16.0. The predicted molar refractivity (Wildman–Crippen MR) is 89.1 cm³/mol. The van der Waals surface area contributed by atoms with E-state index in [0.29, 0.717) is 0 Å². The first-order valence-electron chi connectivity index (χ1n) is 7.87. The highest BCUT2D eigenvalue weighted by atomic mass is 16.5. The van der Waals surface area contributed by atoms with Gasteiger partial charge in [0.25, 0.3) is 0 Å². The Morgan fingerprint density at radius 1 is 1.04 bits per heavy atom. The topological polar surface area (TPSA) is 52.6 Å². The molecule has 2 aromatic carbocycles. The van der Waals surface area contributed by atoms with Crippen molar-refractivity contribution in [1.29, 1.82) is 0 Å². The van der Waals surface area contributed by atoms with Crippen LogP contribution in [-0.2, 0) is 24.7 Å². The van der Waals surface area contributed by atoms with Gasteiger partial charge in [-0.3, -0.25) is 4.79 Å². The molecule has 0 atom stereocenters. The van der Waals surface area contributed by atoms with Gasteiger partial charge in [0.05, 0.1) is 13.0 Å². The summed E-state index contributed by atoms with van der Waals surface area (Å²) in [5, 5.41) is 0. The first-order valence-corrected chi connectivity index (χ1v) is 7.87. The lowest BCUT2D eigenvalue weighted by atomic mass is 9.79. The minimum absolute atomic E-state index is 0.0423. The zero-order valence-electron chi connectivity index (χ0n) is 13.4. The Bertz CT molecular complexity index is 723. The van der Waals surface area contributed by atoms with E-state index < -0.39 is 11.6 Å². The lowest BCUT2D eigenvalue weighted by molar-refractivity contribution is -0.142. The fourth-order valence-electron chi connectivity index (χ4n) is 2.88.